The molecule has 2 aromatic rings. The topological polar surface area (TPSA) is 54.2 Å². The second kappa shape index (κ2) is 5.95. The van der Waals surface area contributed by atoms with Gasteiger partial charge < -0.3 is 5.11 Å². The molecular formula is C14H20N4O. The fourth-order valence-electron chi connectivity index (χ4n) is 2.23. The van der Waals surface area contributed by atoms with E-state index in [0.717, 1.165) is 17.8 Å². The third-order valence-corrected chi connectivity index (χ3v) is 2.96. The molecule has 1 aromatic heterocycles. The van der Waals surface area contributed by atoms with Crippen molar-refractivity contribution in [3.8, 4) is 5.69 Å². The number of hydrogen-bond donors (Lipinski definition) is 1. The van der Waals surface area contributed by atoms with Crippen LogP contribution >= 0.6 is 0 Å². The SMILES string of the molecule is Cc1cc(CN(C)C[C@@H](C)O)ccc1-n1cncn1. The standard InChI is InChI=1S/C14H20N4O/c1-11-6-13(8-17(3)7-12(2)19)4-5-14(11)18-10-15-9-16-18/h4-6,9-10,12,19H,7-8H2,1-3H3/t12-/m1/s1. The summed E-state index contributed by atoms with van der Waals surface area (Å²) >= 11 is 0. The fraction of sp³-hybridized carbons (Fsp3) is 0.429. The molecule has 102 valence electrons. The third-order valence-electron chi connectivity index (χ3n) is 2.96. The molecule has 0 saturated heterocycles. The van der Waals surface area contributed by atoms with E-state index in [9.17, 15) is 5.11 Å². The normalized spacial score (nSPS) is 12.9. The lowest BCUT2D eigenvalue weighted by Crippen LogP contribution is -2.26. The van der Waals surface area contributed by atoms with E-state index in [-0.39, 0.29) is 6.10 Å². The monoisotopic (exact) mass is 260 g/mol. The van der Waals surface area contributed by atoms with E-state index < -0.39 is 0 Å². The number of aliphatic hydroxyl groups is 1. The third kappa shape index (κ3) is 3.62. The van der Waals surface area contributed by atoms with Gasteiger partial charge in [-0.1, -0.05) is 12.1 Å². The van der Waals surface area contributed by atoms with Crippen molar-refractivity contribution in [2.24, 2.45) is 0 Å². The molecule has 19 heavy (non-hydrogen) atoms. The van der Waals surface area contributed by atoms with Crippen molar-refractivity contribution < 1.29 is 5.11 Å². The predicted octanol–water partition coefficient (Wildman–Crippen LogP) is 1.39. The van der Waals surface area contributed by atoms with Gasteiger partial charge in [-0.25, -0.2) is 9.67 Å². The maximum absolute atomic E-state index is 9.36. The van der Waals surface area contributed by atoms with Crippen LogP contribution in [-0.2, 0) is 6.54 Å². The van der Waals surface area contributed by atoms with Crippen molar-refractivity contribution in [1.29, 1.82) is 0 Å². The van der Waals surface area contributed by atoms with Gasteiger partial charge in [-0.3, -0.25) is 4.90 Å². The zero-order chi connectivity index (χ0) is 13.8. The highest BCUT2D eigenvalue weighted by atomic mass is 16.3. The van der Waals surface area contributed by atoms with E-state index in [2.05, 4.69) is 40.1 Å². The van der Waals surface area contributed by atoms with Crippen LogP contribution in [0.4, 0.5) is 0 Å². The highest BCUT2D eigenvalue weighted by Crippen LogP contribution is 2.15. The highest BCUT2D eigenvalue weighted by Gasteiger charge is 2.07. The molecule has 5 heteroatoms. The van der Waals surface area contributed by atoms with E-state index in [1.165, 1.54) is 11.9 Å². The van der Waals surface area contributed by atoms with Gasteiger partial charge in [0.1, 0.15) is 12.7 Å². The van der Waals surface area contributed by atoms with Crippen molar-refractivity contribution in [3.63, 3.8) is 0 Å². The van der Waals surface area contributed by atoms with E-state index in [1.807, 2.05) is 7.05 Å². The molecule has 0 fully saturated rings. The first-order valence-electron chi connectivity index (χ1n) is 6.37. The summed E-state index contributed by atoms with van der Waals surface area (Å²) in [6.07, 6.45) is 2.92. The van der Waals surface area contributed by atoms with Crippen molar-refractivity contribution in [3.05, 3.63) is 42.0 Å². The van der Waals surface area contributed by atoms with Crippen molar-refractivity contribution >= 4 is 0 Å². The van der Waals surface area contributed by atoms with Crippen molar-refractivity contribution in [2.45, 2.75) is 26.5 Å². The number of aromatic nitrogens is 3. The second-order valence-corrected chi connectivity index (χ2v) is 5.01. The van der Waals surface area contributed by atoms with Gasteiger partial charge in [0.15, 0.2) is 0 Å². The molecule has 5 nitrogen and oxygen atoms in total. The second-order valence-electron chi connectivity index (χ2n) is 5.01. The van der Waals surface area contributed by atoms with Gasteiger partial charge in [0.05, 0.1) is 11.8 Å². The molecule has 0 aliphatic carbocycles. The van der Waals surface area contributed by atoms with Crippen LogP contribution in [-0.4, -0.2) is 44.5 Å². The zero-order valence-corrected chi connectivity index (χ0v) is 11.6. The van der Waals surface area contributed by atoms with Gasteiger partial charge >= 0.3 is 0 Å². The molecule has 1 N–H and O–H groups in total. The van der Waals surface area contributed by atoms with Crippen LogP contribution < -0.4 is 0 Å². The number of aryl methyl sites for hydroxylation is 1. The quantitative estimate of drug-likeness (QED) is 0.882. The summed E-state index contributed by atoms with van der Waals surface area (Å²) in [6, 6.07) is 6.29. The number of aliphatic hydroxyl groups excluding tert-OH is 1. The minimum Gasteiger partial charge on any atom is -0.392 e. The first-order chi connectivity index (χ1) is 9.06. The van der Waals surface area contributed by atoms with Gasteiger partial charge in [-0.15, -0.1) is 0 Å². The fourth-order valence-corrected chi connectivity index (χ4v) is 2.23. The molecule has 1 heterocycles. The Balaban J connectivity index is 2.11. The molecule has 0 saturated carbocycles. The molecule has 2 rings (SSSR count). The summed E-state index contributed by atoms with van der Waals surface area (Å²) < 4.78 is 1.76. The molecule has 0 aliphatic heterocycles. The molecule has 1 aromatic carbocycles. The summed E-state index contributed by atoms with van der Waals surface area (Å²) in [7, 11) is 2.01. The Morgan fingerprint density at radius 2 is 2.21 bits per heavy atom. The van der Waals surface area contributed by atoms with Gasteiger partial charge in [-0.2, -0.15) is 5.10 Å². The van der Waals surface area contributed by atoms with Gasteiger partial charge in [0.25, 0.3) is 0 Å². The summed E-state index contributed by atoms with van der Waals surface area (Å²) in [5, 5.41) is 13.5. The smallest absolute Gasteiger partial charge is 0.138 e. The Bertz CT molecular complexity index is 522. The van der Waals surface area contributed by atoms with E-state index in [4.69, 9.17) is 0 Å². The van der Waals surface area contributed by atoms with Crippen LogP contribution in [0, 0.1) is 6.92 Å². The maximum atomic E-state index is 9.36. The van der Waals surface area contributed by atoms with Gasteiger partial charge in [0.2, 0.25) is 0 Å². The molecule has 0 unspecified atom stereocenters. The van der Waals surface area contributed by atoms with E-state index >= 15 is 0 Å². The number of likely N-dealkylation sites (N-methyl/N-ethyl adjacent to an activating group) is 1. The molecule has 0 radical (unpaired) electrons. The Morgan fingerprint density at radius 3 is 2.79 bits per heavy atom. The number of nitrogens with zero attached hydrogens (tertiary/aromatic N) is 4. The first-order valence-corrected chi connectivity index (χ1v) is 6.37. The highest BCUT2D eigenvalue weighted by molar-refractivity contribution is 5.41. The largest absolute Gasteiger partial charge is 0.392 e. The molecule has 0 bridgehead atoms. The van der Waals surface area contributed by atoms with Crippen LogP contribution in [0.3, 0.4) is 0 Å². The zero-order valence-electron chi connectivity index (χ0n) is 11.6. The average Bonchev–Trinajstić information content (AvgIpc) is 2.81. The minimum absolute atomic E-state index is 0.305. The maximum Gasteiger partial charge on any atom is 0.138 e. The van der Waals surface area contributed by atoms with Crippen LogP contribution in [0.2, 0.25) is 0 Å². The molecular weight excluding hydrogens is 240 g/mol. The van der Waals surface area contributed by atoms with E-state index in [0.29, 0.717) is 6.54 Å². The summed E-state index contributed by atoms with van der Waals surface area (Å²) in [5.41, 5.74) is 3.43. The summed E-state index contributed by atoms with van der Waals surface area (Å²) in [6.45, 7) is 5.36. The molecule has 0 amide bonds. The lowest BCUT2D eigenvalue weighted by atomic mass is 10.1. The first kappa shape index (κ1) is 13.7. The summed E-state index contributed by atoms with van der Waals surface area (Å²) in [5.74, 6) is 0. The number of benzene rings is 1. The Labute approximate surface area is 113 Å². The van der Waals surface area contributed by atoms with Crippen LogP contribution in [0.5, 0.6) is 0 Å². The lowest BCUT2D eigenvalue weighted by Gasteiger charge is -2.19. The van der Waals surface area contributed by atoms with E-state index in [1.54, 1.807) is 17.9 Å². The molecule has 0 aliphatic rings. The average molecular weight is 260 g/mol. The van der Waals surface area contributed by atoms with Crippen LogP contribution in [0.1, 0.15) is 18.1 Å². The lowest BCUT2D eigenvalue weighted by molar-refractivity contribution is 0.138. The molecule has 0 spiro atoms. The Morgan fingerprint density at radius 1 is 1.42 bits per heavy atom. The minimum atomic E-state index is -0.305. The van der Waals surface area contributed by atoms with Crippen molar-refractivity contribution in [1.82, 2.24) is 19.7 Å². The Kier molecular flexibility index (Phi) is 4.29. The van der Waals surface area contributed by atoms with Crippen LogP contribution in [0.15, 0.2) is 30.9 Å². The van der Waals surface area contributed by atoms with Crippen molar-refractivity contribution in [2.75, 3.05) is 13.6 Å². The summed E-state index contributed by atoms with van der Waals surface area (Å²) in [4.78, 5) is 6.06. The van der Waals surface area contributed by atoms with Gasteiger partial charge in [-0.05, 0) is 38.1 Å². The number of hydrogen-bond acceptors (Lipinski definition) is 4. The van der Waals surface area contributed by atoms with Crippen LogP contribution in [0.25, 0.3) is 5.69 Å². The predicted molar refractivity (Wildman–Crippen MR) is 74.1 cm³/mol. The van der Waals surface area contributed by atoms with Gasteiger partial charge in [0, 0.05) is 13.1 Å². The Hall–Kier alpha value is -1.72. The molecule has 1 atom stereocenters. The number of rotatable bonds is 5.